The van der Waals surface area contributed by atoms with Crippen LogP contribution in [0.15, 0.2) is 24.3 Å². The second-order valence-electron chi connectivity index (χ2n) is 13.5. The monoisotopic (exact) mass is 733 g/mol. The Morgan fingerprint density at radius 2 is 1.02 bits per heavy atom. The number of esters is 2. The number of ether oxygens (including phenoxy) is 2. The summed E-state index contributed by atoms with van der Waals surface area (Å²) in [5.74, 6) is 4.48. The topological polar surface area (TPSA) is 113 Å². The molecule has 0 aromatic rings. The van der Waals surface area contributed by atoms with Crippen LogP contribution >= 0.6 is 0 Å². The number of rotatable bonds is 33. The highest BCUT2D eigenvalue weighted by molar-refractivity contribution is 5.69. The van der Waals surface area contributed by atoms with Crippen LogP contribution in [0.3, 0.4) is 0 Å². The minimum atomic E-state index is -0.173. The van der Waals surface area contributed by atoms with Crippen molar-refractivity contribution in [1.29, 1.82) is 0 Å². The Kier molecular flexibility index (Phi) is 50.1. The lowest BCUT2D eigenvalue weighted by Crippen LogP contribution is -2.04. The van der Waals surface area contributed by atoms with E-state index in [1.54, 1.807) is 0 Å². The summed E-state index contributed by atoms with van der Waals surface area (Å²) in [5.41, 5.74) is 0. The highest BCUT2D eigenvalue weighted by Gasteiger charge is 2.03. The second kappa shape index (κ2) is 48.4. The van der Waals surface area contributed by atoms with E-state index in [-0.39, 0.29) is 30.8 Å². The van der Waals surface area contributed by atoms with Crippen molar-refractivity contribution >= 4 is 11.9 Å². The quantitative estimate of drug-likeness (QED) is 0.0266. The smallest absolute Gasteiger partial charge is 0.305 e. The van der Waals surface area contributed by atoms with E-state index in [4.69, 9.17) is 22.7 Å². The van der Waals surface area contributed by atoms with E-state index in [1.807, 2.05) is 0 Å². The first-order valence-corrected chi connectivity index (χ1v) is 20.7. The molecule has 2 atom stereocenters. The highest BCUT2D eigenvalue weighted by Crippen LogP contribution is 2.12. The molecule has 0 aliphatic carbocycles. The average Bonchev–Trinajstić information content (AvgIpc) is 3.14. The maximum absolute atomic E-state index is 11.4. The van der Waals surface area contributed by atoms with Gasteiger partial charge in [-0.15, -0.1) is 24.7 Å². The van der Waals surface area contributed by atoms with Gasteiger partial charge in [-0.2, -0.15) is 0 Å². The molecule has 0 rings (SSSR count). The molecule has 0 aromatic heterocycles. The molecular formula is C45H80O7. The van der Waals surface area contributed by atoms with Gasteiger partial charge in [-0.25, -0.2) is 0 Å². The number of aliphatic hydroxyl groups is 3. The van der Waals surface area contributed by atoms with Crippen LogP contribution in [-0.2, 0) is 19.1 Å². The van der Waals surface area contributed by atoms with E-state index in [1.165, 1.54) is 77.7 Å². The number of carbonyl (C=O) groups is 2. The standard InChI is InChI=1S/C22H38O3.C19H36O3.C4H6O/c1-3-5-7-14-17-21(23)18-15-12-10-8-9-11-13-16-19-22(24)25-20-6-4-2;1-3-4-5-12-15-18(20)16-13-10-8-6-7-9-11-14-17-19(21)22-2;1-2-3-4-5/h2,12,15,21,23H,3,5-11,13-14,16-20H2,1H3;10,13,18,20H,3-9,11-12,14-17H2,1-2H3;1,5H,3-4H2/b15-12-;13-10-;. The summed E-state index contributed by atoms with van der Waals surface area (Å²) < 4.78 is 9.61. The largest absolute Gasteiger partial charge is 0.469 e. The van der Waals surface area contributed by atoms with Crippen molar-refractivity contribution in [2.45, 2.75) is 206 Å². The minimum absolute atomic E-state index is 0.101. The van der Waals surface area contributed by atoms with Crippen molar-refractivity contribution in [1.82, 2.24) is 0 Å². The van der Waals surface area contributed by atoms with E-state index in [0.29, 0.717) is 32.3 Å². The van der Waals surface area contributed by atoms with E-state index in [9.17, 15) is 19.8 Å². The molecule has 3 N–H and O–H groups in total. The summed E-state index contributed by atoms with van der Waals surface area (Å²) in [6, 6.07) is 0. The maximum Gasteiger partial charge on any atom is 0.305 e. The first-order chi connectivity index (χ1) is 25.3. The van der Waals surface area contributed by atoms with Crippen molar-refractivity contribution in [2.75, 3.05) is 20.3 Å². The van der Waals surface area contributed by atoms with Gasteiger partial charge in [0, 0.05) is 25.7 Å². The molecular weight excluding hydrogens is 652 g/mol. The first kappa shape index (κ1) is 53.8. The third kappa shape index (κ3) is 51.8. The molecule has 0 aliphatic rings. The van der Waals surface area contributed by atoms with Crippen molar-refractivity contribution in [3.8, 4) is 24.7 Å². The molecule has 0 fully saturated rings. The number of aliphatic hydroxyl groups excluding tert-OH is 3. The van der Waals surface area contributed by atoms with Crippen LogP contribution < -0.4 is 0 Å². The lowest BCUT2D eigenvalue weighted by molar-refractivity contribution is -0.143. The average molecular weight is 733 g/mol. The van der Waals surface area contributed by atoms with Gasteiger partial charge in [-0.3, -0.25) is 9.59 Å². The van der Waals surface area contributed by atoms with Gasteiger partial charge in [-0.1, -0.05) is 128 Å². The van der Waals surface area contributed by atoms with E-state index in [2.05, 4.69) is 54.7 Å². The fraction of sp³-hybridized carbons (Fsp3) is 0.778. The molecule has 0 amide bonds. The number of carbonyl (C=O) groups excluding carboxylic acids is 2. The predicted octanol–water partition coefficient (Wildman–Crippen LogP) is 10.7. The Labute approximate surface area is 320 Å². The van der Waals surface area contributed by atoms with Gasteiger partial charge in [0.05, 0.1) is 25.9 Å². The van der Waals surface area contributed by atoms with Crippen LogP contribution in [0.2, 0.25) is 0 Å². The SMILES string of the molecule is C#CCCO.C#CCCOC(=O)CCCCCCC/C=C\CC(O)CCCCCC.CCCCCCC(O)C/C=C\CCCCCCCC(=O)OC. The third-order valence-corrected chi connectivity index (χ3v) is 8.43. The van der Waals surface area contributed by atoms with Crippen molar-refractivity contribution in [2.24, 2.45) is 0 Å². The lowest BCUT2D eigenvalue weighted by atomic mass is 10.1. The molecule has 52 heavy (non-hydrogen) atoms. The van der Waals surface area contributed by atoms with Gasteiger partial charge in [0.25, 0.3) is 0 Å². The molecule has 2 unspecified atom stereocenters. The Bertz CT molecular complexity index is 883. The number of hydrogen-bond acceptors (Lipinski definition) is 7. The van der Waals surface area contributed by atoms with Crippen LogP contribution in [-0.4, -0.2) is 59.8 Å². The van der Waals surface area contributed by atoms with E-state index < -0.39 is 0 Å². The minimum Gasteiger partial charge on any atom is -0.469 e. The summed E-state index contributed by atoms with van der Waals surface area (Å²) >= 11 is 0. The van der Waals surface area contributed by atoms with Crippen LogP contribution in [0.4, 0.5) is 0 Å². The molecule has 0 heterocycles. The number of unbranched alkanes of at least 4 members (excludes halogenated alkanes) is 16. The Morgan fingerprint density at radius 1 is 0.596 bits per heavy atom. The van der Waals surface area contributed by atoms with Crippen LogP contribution in [0.5, 0.6) is 0 Å². The molecule has 0 spiro atoms. The zero-order chi connectivity index (χ0) is 39.2. The molecule has 0 aromatic carbocycles. The normalized spacial score (nSPS) is 11.8. The molecule has 0 saturated heterocycles. The van der Waals surface area contributed by atoms with Crippen LogP contribution in [0.1, 0.15) is 194 Å². The van der Waals surface area contributed by atoms with Crippen molar-refractivity contribution in [3.05, 3.63) is 24.3 Å². The molecule has 0 saturated carbocycles. The van der Waals surface area contributed by atoms with Gasteiger partial charge >= 0.3 is 11.9 Å². The van der Waals surface area contributed by atoms with Crippen molar-refractivity contribution in [3.63, 3.8) is 0 Å². The summed E-state index contributed by atoms with van der Waals surface area (Å²) in [6.07, 6.45) is 46.7. The molecule has 0 aliphatic heterocycles. The van der Waals surface area contributed by atoms with Gasteiger partial charge < -0.3 is 24.8 Å². The first-order valence-electron chi connectivity index (χ1n) is 20.7. The van der Waals surface area contributed by atoms with Gasteiger partial charge in [-0.05, 0) is 64.2 Å². The lowest BCUT2D eigenvalue weighted by Gasteiger charge is -2.07. The summed E-state index contributed by atoms with van der Waals surface area (Å²) in [6.45, 7) is 4.86. The van der Waals surface area contributed by atoms with Crippen molar-refractivity contribution < 1.29 is 34.4 Å². The third-order valence-electron chi connectivity index (χ3n) is 8.43. The molecule has 302 valence electrons. The van der Waals surface area contributed by atoms with E-state index >= 15 is 0 Å². The van der Waals surface area contributed by atoms with Crippen LogP contribution in [0, 0.1) is 24.7 Å². The molecule has 0 radical (unpaired) electrons. The van der Waals surface area contributed by atoms with Crippen LogP contribution in [0.25, 0.3) is 0 Å². The Balaban J connectivity index is -0.000000820. The zero-order valence-electron chi connectivity index (χ0n) is 33.8. The number of hydrogen-bond donors (Lipinski definition) is 3. The molecule has 7 heteroatoms. The summed E-state index contributed by atoms with van der Waals surface area (Å²) in [5, 5.41) is 27.6. The fourth-order valence-electron chi connectivity index (χ4n) is 5.18. The highest BCUT2D eigenvalue weighted by atomic mass is 16.5. The second-order valence-corrected chi connectivity index (χ2v) is 13.5. The number of terminal acetylenes is 2. The maximum atomic E-state index is 11.4. The molecule has 7 nitrogen and oxygen atoms in total. The fourth-order valence-corrected chi connectivity index (χ4v) is 5.18. The van der Waals surface area contributed by atoms with Gasteiger partial charge in [0.15, 0.2) is 0 Å². The zero-order valence-corrected chi connectivity index (χ0v) is 33.8. The predicted molar refractivity (Wildman–Crippen MR) is 219 cm³/mol. The summed E-state index contributed by atoms with van der Waals surface area (Å²) in [4.78, 5) is 22.3. The number of allylic oxidation sites excluding steroid dienone is 2. The van der Waals surface area contributed by atoms with E-state index in [0.717, 1.165) is 83.5 Å². The molecule has 0 bridgehead atoms. The Morgan fingerprint density at radius 3 is 1.42 bits per heavy atom. The summed E-state index contributed by atoms with van der Waals surface area (Å²) in [7, 11) is 1.44. The number of methoxy groups -OCH3 is 1. The van der Waals surface area contributed by atoms with Gasteiger partial charge in [0.2, 0.25) is 0 Å². The van der Waals surface area contributed by atoms with Gasteiger partial charge in [0.1, 0.15) is 6.61 Å². The Hall–Kier alpha value is -2.58.